The molecule has 0 bridgehead atoms. The highest BCUT2D eigenvalue weighted by atomic mass is 16.5. The van der Waals surface area contributed by atoms with Crippen molar-refractivity contribution in [1.29, 1.82) is 0 Å². The van der Waals surface area contributed by atoms with Crippen molar-refractivity contribution in [3.63, 3.8) is 0 Å². The van der Waals surface area contributed by atoms with Crippen molar-refractivity contribution in [2.75, 3.05) is 20.3 Å². The van der Waals surface area contributed by atoms with Crippen LogP contribution >= 0.6 is 0 Å². The fourth-order valence-corrected chi connectivity index (χ4v) is 1.38. The highest BCUT2D eigenvalue weighted by Gasteiger charge is 2.22. The number of methoxy groups -OCH3 is 1. The lowest BCUT2D eigenvalue weighted by molar-refractivity contribution is 0.0858. The number of benzene rings is 1. The Hall–Kier alpha value is -1.35. The summed E-state index contributed by atoms with van der Waals surface area (Å²) in [5.74, 6) is 0.897. The molecular weight excluding hydrogens is 216 g/mol. The fraction of sp³-hybridized carbons (Fsp3) is 0.500. The van der Waals surface area contributed by atoms with E-state index >= 15 is 0 Å². The number of hydrogen-bond donors (Lipinski definition) is 0. The van der Waals surface area contributed by atoms with Gasteiger partial charge in [0, 0.05) is 18.1 Å². The summed E-state index contributed by atoms with van der Waals surface area (Å²) in [5, 5.41) is 0. The SMILES string of the molecule is COCCOc1ccc(C(=O)C(C)(C)C)cc1. The first-order chi connectivity index (χ1) is 7.95. The highest BCUT2D eigenvalue weighted by Crippen LogP contribution is 2.22. The Labute approximate surface area is 103 Å². The second kappa shape index (κ2) is 5.82. The molecule has 0 aliphatic carbocycles. The summed E-state index contributed by atoms with van der Waals surface area (Å²) in [6.07, 6.45) is 0. The van der Waals surface area contributed by atoms with Crippen molar-refractivity contribution in [1.82, 2.24) is 0 Å². The molecule has 0 aliphatic heterocycles. The van der Waals surface area contributed by atoms with Crippen LogP contribution in [0.1, 0.15) is 31.1 Å². The molecule has 0 spiro atoms. The van der Waals surface area contributed by atoms with Crippen molar-refractivity contribution < 1.29 is 14.3 Å². The maximum absolute atomic E-state index is 12.0. The van der Waals surface area contributed by atoms with Crippen LogP contribution in [0.15, 0.2) is 24.3 Å². The molecule has 0 radical (unpaired) electrons. The largest absolute Gasteiger partial charge is 0.491 e. The Bertz CT molecular complexity index is 360. The van der Waals surface area contributed by atoms with Gasteiger partial charge >= 0.3 is 0 Å². The van der Waals surface area contributed by atoms with Crippen LogP contribution in [0.4, 0.5) is 0 Å². The van der Waals surface area contributed by atoms with Crippen LogP contribution in [0.25, 0.3) is 0 Å². The fourth-order valence-electron chi connectivity index (χ4n) is 1.38. The van der Waals surface area contributed by atoms with Gasteiger partial charge in [0.05, 0.1) is 6.61 Å². The van der Waals surface area contributed by atoms with Crippen molar-refractivity contribution in [3.05, 3.63) is 29.8 Å². The van der Waals surface area contributed by atoms with Crippen molar-refractivity contribution >= 4 is 5.78 Å². The molecule has 0 N–H and O–H groups in total. The maximum Gasteiger partial charge on any atom is 0.168 e. The van der Waals surface area contributed by atoms with Gasteiger partial charge in [0.15, 0.2) is 5.78 Å². The topological polar surface area (TPSA) is 35.5 Å². The molecule has 0 saturated heterocycles. The number of Topliss-reactive ketones (excluding diaryl/α,β-unsaturated/α-hetero) is 1. The third kappa shape index (κ3) is 4.19. The minimum Gasteiger partial charge on any atom is -0.491 e. The molecule has 0 aromatic heterocycles. The van der Waals surface area contributed by atoms with E-state index in [-0.39, 0.29) is 11.2 Å². The first kappa shape index (κ1) is 13.7. The van der Waals surface area contributed by atoms with Gasteiger partial charge < -0.3 is 9.47 Å². The number of carbonyl (C=O) groups is 1. The molecule has 0 saturated carbocycles. The maximum atomic E-state index is 12.0. The normalized spacial score (nSPS) is 11.3. The van der Waals surface area contributed by atoms with E-state index in [9.17, 15) is 4.79 Å². The van der Waals surface area contributed by atoms with E-state index in [1.165, 1.54) is 0 Å². The number of rotatable bonds is 5. The molecule has 1 aromatic rings. The average Bonchev–Trinajstić information content (AvgIpc) is 2.28. The molecule has 17 heavy (non-hydrogen) atoms. The van der Waals surface area contributed by atoms with Crippen LogP contribution in [0.3, 0.4) is 0 Å². The zero-order valence-electron chi connectivity index (χ0n) is 10.9. The van der Waals surface area contributed by atoms with Gasteiger partial charge in [-0.05, 0) is 24.3 Å². The lowest BCUT2D eigenvalue weighted by atomic mass is 9.86. The second-order valence-corrected chi connectivity index (χ2v) is 4.94. The summed E-state index contributed by atoms with van der Waals surface area (Å²) in [6, 6.07) is 7.23. The number of ether oxygens (including phenoxy) is 2. The highest BCUT2D eigenvalue weighted by molar-refractivity contribution is 5.99. The van der Waals surface area contributed by atoms with Gasteiger partial charge in [-0.15, -0.1) is 0 Å². The zero-order chi connectivity index (χ0) is 12.9. The van der Waals surface area contributed by atoms with Gasteiger partial charge in [-0.2, -0.15) is 0 Å². The third-order valence-electron chi connectivity index (χ3n) is 2.35. The van der Waals surface area contributed by atoms with Gasteiger partial charge in [-0.3, -0.25) is 4.79 Å². The molecule has 3 nitrogen and oxygen atoms in total. The molecule has 0 atom stereocenters. The Morgan fingerprint density at radius 2 is 1.71 bits per heavy atom. The van der Waals surface area contributed by atoms with Crippen LogP contribution in [0.2, 0.25) is 0 Å². The number of hydrogen-bond acceptors (Lipinski definition) is 3. The minimum atomic E-state index is -0.349. The van der Waals surface area contributed by atoms with Crippen LogP contribution < -0.4 is 4.74 Å². The predicted octanol–water partition coefficient (Wildman–Crippen LogP) is 2.94. The average molecular weight is 236 g/mol. The van der Waals surface area contributed by atoms with Crippen molar-refractivity contribution in [3.8, 4) is 5.75 Å². The van der Waals surface area contributed by atoms with Crippen LogP contribution in [-0.2, 0) is 4.74 Å². The van der Waals surface area contributed by atoms with Crippen LogP contribution in [0, 0.1) is 5.41 Å². The lowest BCUT2D eigenvalue weighted by Crippen LogP contribution is -2.20. The van der Waals surface area contributed by atoms with Crippen LogP contribution in [-0.4, -0.2) is 26.1 Å². The predicted molar refractivity (Wildman–Crippen MR) is 67.6 cm³/mol. The second-order valence-electron chi connectivity index (χ2n) is 4.94. The van der Waals surface area contributed by atoms with Crippen molar-refractivity contribution in [2.24, 2.45) is 5.41 Å². The van der Waals surface area contributed by atoms with E-state index in [1.54, 1.807) is 19.2 Å². The summed E-state index contributed by atoms with van der Waals surface area (Å²) in [7, 11) is 1.63. The van der Waals surface area contributed by atoms with Gasteiger partial charge in [-0.1, -0.05) is 20.8 Å². The van der Waals surface area contributed by atoms with Gasteiger partial charge in [0.2, 0.25) is 0 Å². The monoisotopic (exact) mass is 236 g/mol. The standard InChI is InChI=1S/C14H20O3/c1-14(2,3)13(15)11-5-7-12(8-6-11)17-10-9-16-4/h5-8H,9-10H2,1-4H3. The quantitative estimate of drug-likeness (QED) is 0.582. The molecule has 94 valence electrons. The summed E-state index contributed by atoms with van der Waals surface area (Å²) >= 11 is 0. The number of carbonyl (C=O) groups excluding carboxylic acids is 1. The summed E-state index contributed by atoms with van der Waals surface area (Å²) in [6.45, 7) is 6.82. The Morgan fingerprint density at radius 1 is 1.12 bits per heavy atom. The molecule has 0 unspecified atom stereocenters. The van der Waals surface area contributed by atoms with Gasteiger partial charge in [0.1, 0.15) is 12.4 Å². The first-order valence-electron chi connectivity index (χ1n) is 5.72. The molecular formula is C14H20O3. The molecule has 1 rings (SSSR count). The van der Waals surface area contributed by atoms with E-state index in [4.69, 9.17) is 9.47 Å². The Kier molecular flexibility index (Phi) is 4.70. The molecule has 1 aromatic carbocycles. The zero-order valence-corrected chi connectivity index (χ0v) is 10.9. The molecule has 0 fully saturated rings. The summed E-state index contributed by atoms with van der Waals surface area (Å²) in [4.78, 5) is 12.0. The molecule has 0 amide bonds. The van der Waals surface area contributed by atoms with Crippen LogP contribution in [0.5, 0.6) is 5.75 Å². The van der Waals surface area contributed by atoms with E-state index in [1.807, 2.05) is 32.9 Å². The van der Waals surface area contributed by atoms with Gasteiger partial charge in [0.25, 0.3) is 0 Å². The Balaban J connectivity index is 2.65. The Morgan fingerprint density at radius 3 is 2.18 bits per heavy atom. The smallest absolute Gasteiger partial charge is 0.168 e. The third-order valence-corrected chi connectivity index (χ3v) is 2.35. The molecule has 3 heteroatoms. The molecule has 0 aliphatic rings. The minimum absolute atomic E-state index is 0.140. The first-order valence-corrected chi connectivity index (χ1v) is 5.72. The van der Waals surface area contributed by atoms with E-state index < -0.39 is 0 Å². The molecule has 0 heterocycles. The summed E-state index contributed by atoms with van der Waals surface area (Å²) in [5.41, 5.74) is 0.370. The van der Waals surface area contributed by atoms with E-state index in [0.29, 0.717) is 13.2 Å². The van der Waals surface area contributed by atoms with Crippen molar-refractivity contribution in [2.45, 2.75) is 20.8 Å². The van der Waals surface area contributed by atoms with E-state index in [0.717, 1.165) is 11.3 Å². The summed E-state index contributed by atoms with van der Waals surface area (Å²) < 4.78 is 10.3. The van der Waals surface area contributed by atoms with Gasteiger partial charge in [-0.25, -0.2) is 0 Å². The number of ketones is 1. The van der Waals surface area contributed by atoms with E-state index in [2.05, 4.69) is 0 Å². The lowest BCUT2D eigenvalue weighted by Gasteiger charge is -2.16.